The second-order valence-electron chi connectivity index (χ2n) is 7.04. The van der Waals surface area contributed by atoms with Gasteiger partial charge in [-0.25, -0.2) is 0 Å². The number of nitrogens with one attached hydrogen (secondary N) is 1. The van der Waals surface area contributed by atoms with E-state index < -0.39 is 0 Å². The van der Waals surface area contributed by atoms with Gasteiger partial charge < -0.3 is 19.7 Å². The van der Waals surface area contributed by atoms with Crippen LogP contribution in [0.2, 0.25) is 0 Å². The predicted molar refractivity (Wildman–Crippen MR) is 119 cm³/mol. The monoisotopic (exact) mass is 408 g/mol. The van der Waals surface area contributed by atoms with Crippen LogP contribution >= 0.6 is 0 Å². The third-order valence-electron chi connectivity index (χ3n) is 5.13. The van der Waals surface area contributed by atoms with E-state index in [-0.39, 0.29) is 24.5 Å². The Labute approximate surface area is 177 Å². The highest BCUT2D eigenvalue weighted by atomic mass is 16.5. The first-order chi connectivity index (χ1) is 14.0. The largest absolute Gasteiger partial charge is 0.382 e. The molecule has 1 aliphatic heterocycles. The van der Waals surface area contributed by atoms with Crippen molar-refractivity contribution >= 4 is 12.3 Å². The van der Waals surface area contributed by atoms with E-state index >= 15 is 0 Å². The average Bonchev–Trinajstić information content (AvgIpc) is 3.22. The van der Waals surface area contributed by atoms with Gasteiger partial charge in [0.05, 0.1) is 24.7 Å². The molecule has 0 aromatic heterocycles. The van der Waals surface area contributed by atoms with Crippen LogP contribution in [0.1, 0.15) is 52.9 Å². The molecule has 29 heavy (non-hydrogen) atoms. The molecule has 1 heterocycles. The molecule has 0 bridgehead atoms. The SMILES string of the molecule is C=C/C=C\C(=C/C)CCNC(=O)CC(OC)C1CCCN1C=O.CCC(C)OC. The van der Waals surface area contributed by atoms with Crippen molar-refractivity contribution in [3.63, 3.8) is 0 Å². The molecule has 0 aromatic rings. The number of carbonyl (C=O) groups excluding carboxylic acids is 2. The minimum atomic E-state index is -0.246. The van der Waals surface area contributed by atoms with E-state index in [0.717, 1.165) is 44.2 Å². The third-order valence-corrected chi connectivity index (χ3v) is 5.13. The van der Waals surface area contributed by atoms with Crippen LogP contribution in [-0.2, 0) is 19.1 Å². The van der Waals surface area contributed by atoms with Crippen molar-refractivity contribution in [2.24, 2.45) is 0 Å². The standard InChI is InChI=1S/C18H28N2O3.C5H12O/c1-4-6-8-15(5-2)10-11-19-18(22)13-17(23-3)16-9-7-12-20(16)14-21;1-4-5(2)6-3/h4-6,8,14,16-17H,1,7,9-13H2,2-3H3,(H,19,22);5H,4H2,1-3H3/b8-6-,15-5+;. The Balaban J connectivity index is 0.00000113. The molecule has 6 heteroatoms. The lowest BCUT2D eigenvalue weighted by Crippen LogP contribution is -2.42. The number of likely N-dealkylation sites (tertiary alicyclic amines) is 1. The summed E-state index contributed by atoms with van der Waals surface area (Å²) in [6.45, 7) is 11.1. The van der Waals surface area contributed by atoms with E-state index in [1.54, 1.807) is 25.2 Å². The summed E-state index contributed by atoms with van der Waals surface area (Å²) in [5.41, 5.74) is 1.15. The molecule has 1 saturated heterocycles. The molecule has 1 rings (SSSR count). The second kappa shape index (κ2) is 17.0. The van der Waals surface area contributed by atoms with Crippen LogP contribution in [-0.4, -0.2) is 62.8 Å². The fourth-order valence-corrected chi connectivity index (χ4v) is 3.00. The Hall–Kier alpha value is -1.92. The molecule has 166 valence electrons. The van der Waals surface area contributed by atoms with E-state index in [1.807, 2.05) is 25.2 Å². The zero-order valence-corrected chi connectivity index (χ0v) is 18.9. The molecule has 0 aliphatic carbocycles. The van der Waals surface area contributed by atoms with Gasteiger partial charge in [-0.3, -0.25) is 9.59 Å². The van der Waals surface area contributed by atoms with Crippen molar-refractivity contribution in [2.45, 2.75) is 71.1 Å². The van der Waals surface area contributed by atoms with Crippen LogP contribution in [0.5, 0.6) is 0 Å². The van der Waals surface area contributed by atoms with Crippen molar-refractivity contribution in [1.29, 1.82) is 0 Å². The smallest absolute Gasteiger partial charge is 0.222 e. The number of allylic oxidation sites excluding steroid dienone is 4. The molecule has 0 saturated carbocycles. The molecule has 6 nitrogen and oxygen atoms in total. The van der Waals surface area contributed by atoms with Crippen molar-refractivity contribution < 1.29 is 19.1 Å². The maximum Gasteiger partial charge on any atom is 0.222 e. The lowest BCUT2D eigenvalue weighted by molar-refractivity contribution is -0.128. The normalized spacial score (nSPS) is 18.7. The minimum absolute atomic E-state index is 0.00451. The Kier molecular flexibility index (Phi) is 15.9. The van der Waals surface area contributed by atoms with Gasteiger partial charge in [-0.05, 0) is 39.5 Å². The summed E-state index contributed by atoms with van der Waals surface area (Å²) in [6, 6.07) is 0.00451. The van der Waals surface area contributed by atoms with Crippen LogP contribution in [0.25, 0.3) is 0 Å². The summed E-state index contributed by atoms with van der Waals surface area (Å²) in [7, 11) is 3.32. The Morgan fingerprint density at radius 2 is 2.07 bits per heavy atom. The van der Waals surface area contributed by atoms with Gasteiger partial charge in [0, 0.05) is 27.3 Å². The molecule has 3 atom stereocenters. The van der Waals surface area contributed by atoms with E-state index in [1.165, 1.54) is 0 Å². The number of carbonyl (C=O) groups is 2. The minimum Gasteiger partial charge on any atom is -0.382 e. The van der Waals surface area contributed by atoms with E-state index in [2.05, 4.69) is 25.7 Å². The number of amides is 2. The first-order valence-corrected chi connectivity index (χ1v) is 10.4. The first kappa shape index (κ1) is 27.1. The topological polar surface area (TPSA) is 67.9 Å². The van der Waals surface area contributed by atoms with Gasteiger partial charge in [0.25, 0.3) is 0 Å². The molecule has 2 amide bonds. The maximum atomic E-state index is 12.1. The van der Waals surface area contributed by atoms with Crippen molar-refractivity contribution in [3.05, 3.63) is 36.5 Å². The molecule has 1 fully saturated rings. The molecule has 3 unspecified atom stereocenters. The molecular formula is C23H40N2O4. The first-order valence-electron chi connectivity index (χ1n) is 10.4. The lowest BCUT2D eigenvalue weighted by Gasteiger charge is -2.27. The fraction of sp³-hybridized carbons (Fsp3) is 0.652. The Morgan fingerprint density at radius 1 is 1.34 bits per heavy atom. The summed E-state index contributed by atoms with van der Waals surface area (Å²) < 4.78 is 10.3. The highest BCUT2D eigenvalue weighted by Crippen LogP contribution is 2.22. The zero-order valence-electron chi connectivity index (χ0n) is 18.9. The van der Waals surface area contributed by atoms with Crippen molar-refractivity contribution in [3.8, 4) is 0 Å². The molecule has 0 radical (unpaired) electrons. The number of ether oxygens (including phenoxy) is 2. The highest BCUT2D eigenvalue weighted by Gasteiger charge is 2.32. The summed E-state index contributed by atoms with van der Waals surface area (Å²) >= 11 is 0. The van der Waals surface area contributed by atoms with Crippen molar-refractivity contribution in [2.75, 3.05) is 27.3 Å². The number of hydrogen-bond acceptors (Lipinski definition) is 4. The summed E-state index contributed by atoms with van der Waals surface area (Å²) in [5, 5.41) is 2.92. The Bertz CT molecular complexity index is 527. The van der Waals surface area contributed by atoms with Gasteiger partial charge in [0.2, 0.25) is 12.3 Å². The molecule has 0 spiro atoms. The van der Waals surface area contributed by atoms with E-state index in [4.69, 9.17) is 9.47 Å². The van der Waals surface area contributed by atoms with Gasteiger partial charge in [0.1, 0.15) is 0 Å². The quantitative estimate of drug-likeness (QED) is 0.395. The summed E-state index contributed by atoms with van der Waals surface area (Å²) in [6.07, 6.45) is 12.7. The third kappa shape index (κ3) is 11.6. The number of rotatable bonds is 12. The van der Waals surface area contributed by atoms with Gasteiger partial charge in [-0.15, -0.1) is 0 Å². The van der Waals surface area contributed by atoms with Crippen LogP contribution in [0, 0.1) is 0 Å². The maximum absolute atomic E-state index is 12.1. The number of nitrogens with zero attached hydrogens (tertiary/aromatic N) is 1. The van der Waals surface area contributed by atoms with Crippen LogP contribution in [0.3, 0.4) is 0 Å². The average molecular weight is 409 g/mol. The van der Waals surface area contributed by atoms with E-state index in [0.29, 0.717) is 12.6 Å². The van der Waals surface area contributed by atoms with Gasteiger partial charge in [-0.2, -0.15) is 0 Å². The van der Waals surface area contributed by atoms with Gasteiger partial charge in [0.15, 0.2) is 0 Å². The zero-order chi connectivity index (χ0) is 22.1. The van der Waals surface area contributed by atoms with Gasteiger partial charge >= 0.3 is 0 Å². The molecule has 1 N–H and O–H groups in total. The van der Waals surface area contributed by atoms with Crippen LogP contribution < -0.4 is 5.32 Å². The predicted octanol–water partition coefficient (Wildman–Crippen LogP) is 3.64. The van der Waals surface area contributed by atoms with Crippen LogP contribution in [0.15, 0.2) is 36.5 Å². The van der Waals surface area contributed by atoms with Crippen molar-refractivity contribution in [1.82, 2.24) is 10.2 Å². The molecular weight excluding hydrogens is 368 g/mol. The number of hydrogen-bond donors (Lipinski definition) is 1. The highest BCUT2D eigenvalue weighted by molar-refractivity contribution is 5.76. The summed E-state index contributed by atoms with van der Waals surface area (Å²) in [5.74, 6) is -0.0437. The Morgan fingerprint density at radius 3 is 2.55 bits per heavy atom. The van der Waals surface area contributed by atoms with Gasteiger partial charge in [-0.1, -0.05) is 43.4 Å². The molecule has 0 aromatic carbocycles. The van der Waals surface area contributed by atoms with Crippen LogP contribution in [0.4, 0.5) is 0 Å². The second-order valence-corrected chi connectivity index (χ2v) is 7.04. The lowest BCUT2D eigenvalue weighted by atomic mass is 10.0. The number of methoxy groups -OCH3 is 2. The summed E-state index contributed by atoms with van der Waals surface area (Å²) in [4.78, 5) is 24.9. The fourth-order valence-electron chi connectivity index (χ4n) is 3.00. The van der Waals surface area contributed by atoms with E-state index in [9.17, 15) is 9.59 Å². The molecule has 1 aliphatic rings.